The summed E-state index contributed by atoms with van der Waals surface area (Å²) < 4.78 is 6.14. The van der Waals surface area contributed by atoms with Crippen molar-refractivity contribution < 1.29 is 34.1 Å². The van der Waals surface area contributed by atoms with Crippen molar-refractivity contribution in [3.8, 4) is 5.75 Å². The number of Topliss-reactive ketones (excluding diaryl/α,β-unsaturated/α-hetero) is 1. The highest BCUT2D eigenvalue weighted by Crippen LogP contribution is 2.61. The van der Waals surface area contributed by atoms with Crippen LogP contribution in [0.15, 0.2) is 132 Å². The number of likely N-dealkylation sites (N-methyl/N-ethyl adjacent to an activating group) is 1. The van der Waals surface area contributed by atoms with Gasteiger partial charge in [-0.3, -0.25) is 38.9 Å². The molecular weight excluding hydrogens is 1810 g/mol. The number of benzene rings is 6. The Hall–Kier alpha value is -7.00. The molecule has 8 bridgehead atoms. The maximum Gasteiger partial charge on any atom is 0.409 e. The molecule has 6 aromatic carbocycles. The number of piperidine rings is 4. The van der Waals surface area contributed by atoms with E-state index in [1.54, 1.807) is 45.1 Å². The number of carbonyl (C=O) groups is 4. The van der Waals surface area contributed by atoms with Gasteiger partial charge in [-0.15, -0.1) is 11.3 Å². The molecule has 2 saturated carbocycles. The Labute approximate surface area is 863 Å². The number of phenolic OH excluding ortho intramolecular Hbond substituents is 1. The minimum Gasteiger partial charge on any atom is -0.508 e. The van der Waals surface area contributed by atoms with Gasteiger partial charge < -0.3 is 34.5 Å². The number of hydrogen-bond acceptors (Lipinski definition) is 14. The molecule has 141 heavy (non-hydrogen) atoms. The SMILES string of the molecule is CC(C)=CCN1CCC2(C)c3cc(C)ccc3CC1C2C.CCC12CCN(CC(C)(C)C)C(Cc3ccc(O)cc31)C2(C)C.CCC12CCN(CC(C)(C)O)C(Cc3ccc(C)cc31)C2(C)C.CCC12CCN(CC3CC3)C(C(=O)c3ccc(C)cc31)C2C.CN(C(=O)Cc1cccc2sccc12)C1CCCCC1N1CCCC1.COC(=O)N1CCN(C(=O)Cc2ccc(Cl)c(Cl)c2)C(CN2CCCC2)C1. The molecule has 7 saturated heterocycles. The van der Waals surface area contributed by atoms with E-state index in [2.05, 4.69) is 261 Å². The standard InChI is InChI=1S/C21H28N2OS.2C21H33NO.C20H27NO.C20H29N.C19H25Cl2N3O3/c1-22(18-8-2-3-9-19(18)23-12-4-5-13-23)21(24)15-16-7-6-10-20-17(16)11-14-25-20;1-7-21-10-11-22(14-19(2,3)4)18(20(21,5)6)12-15-8-9-16(23)13-17(15)21;1-7-21-10-11-22(14-19(3,4)23)18(20(21,5)6)13-16-9-8-15(2)12-17(16)21;1-4-20-9-10-21(12-15-6-7-15)18(14(20)3)19(22)16-8-5-13(2)11-17(16)20;1-14(2)8-10-21-11-9-20(5)16(4)19(21)13-17-7-6-15(3)12-18(17)20;1-27-19(26)23-8-9-24(15(13-23)12-22-6-2-3-7-22)18(25)11-14-4-5-16(20)17(21)10-14/h6-7,10-11,14,18-19H,2-5,8-9,12-13,15H2,1H3;8-9,13,18,23H,7,10-12,14H2,1-6H3;8-9,12,18,23H,7,10-11,13-14H2,1-6H3;5,8,11,14-15,18H,4,6-7,9-10,12H2,1-3H3;6-8,12,16,19H,9-11,13H2,1-5H3;4-5,10,15H,2-3,6-9,11-13H2,1H3. The third-order valence-electron chi connectivity index (χ3n) is 37.4. The fraction of sp³-hybridized carbons (Fsp3) is 0.639. The maximum absolute atomic E-state index is 13.2. The number of halogens is 2. The molecule has 16 nitrogen and oxygen atoms in total. The zero-order valence-corrected chi connectivity index (χ0v) is 92.7. The number of hydrogen-bond donors (Lipinski definition) is 2. The molecule has 0 radical (unpaired) electrons. The Balaban J connectivity index is 0.000000128. The Morgan fingerprint density at radius 2 is 1.17 bits per heavy atom. The van der Waals surface area contributed by atoms with Crippen molar-refractivity contribution in [3.05, 3.63) is 215 Å². The quantitative estimate of drug-likeness (QED) is 0.0787. The predicted octanol–water partition coefficient (Wildman–Crippen LogP) is 24.5. The van der Waals surface area contributed by atoms with Crippen molar-refractivity contribution >= 4 is 68.3 Å². The molecule has 7 aliphatic heterocycles. The normalized spacial score (nSPS) is 28.3. The van der Waals surface area contributed by atoms with Gasteiger partial charge in [0.25, 0.3) is 0 Å². The number of aromatic hydroxyl groups is 1. The van der Waals surface area contributed by atoms with Gasteiger partial charge in [-0.2, -0.15) is 0 Å². The van der Waals surface area contributed by atoms with Crippen LogP contribution in [0.25, 0.3) is 10.1 Å². The van der Waals surface area contributed by atoms with Crippen LogP contribution in [0.1, 0.15) is 304 Å². The van der Waals surface area contributed by atoms with Gasteiger partial charge in [0.05, 0.1) is 47.7 Å². The molecule has 20 rings (SSSR count). The molecule has 0 spiro atoms. The minimum atomic E-state index is -0.629. The number of amides is 3. The van der Waals surface area contributed by atoms with Crippen LogP contribution in [0.4, 0.5) is 4.79 Å². The molecule has 19 heteroatoms. The fourth-order valence-electron chi connectivity index (χ4n) is 28.9. The summed E-state index contributed by atoms with van der Waals surface area (Å²) in [6, 6.07) is 43.4. The van der Waals surface area contributed by atoms with Gasteiger partial charge in [-0.25, -0.2) is 4.79 Å². The summed E-state index contributed by atoms with van der Waals surface area (Å²) >= 11 is 13.8. The van der Waals surface area contributed by atoms with E-state index in [0.29, 0.717) is 94.6 Å². The molecule has 8 heterocycles. The number of carbonyl (C=O) groups excluding carboxylic acids is 4. The number of aliphatic hydroxyl groups is 1. The van der Waals surface area contributed by atoms with E-state index in [1.807, 2.05) is 37.9 Å². The largest absolute Gasteiger partial charge is 0.508 e. The topological polar surface area (TPSA) is 147 Å². The first-order valence-corrected chi connectivity index (χ1v) is 56.3. The van der Waals surface area contributed by atoms with Crippen molar-refractivity contribution in [2.45, 2.75) is 349 Å². The van der Waals surface area contributed by atoms with Crippen LogP contribution in [0, 0.1) is 54.8 Å². The van der Waals surface area contributed by atoms with Crippen molar-refractivity contribution in [3.63, 3.8) is 0 Å². The number of aryl methyl sites for hydroxylation is 3. The average molecular weight is 1980 g/mol. The number of likely N-dealkylation sites (tertiary alicyclic amines) is 6. The van der Waals surface area contributed by atoms with Crippen LogP contribution < -0.4 is 0 Å². The van der Waals surface area contributed by atoms with E-state index >= 15 is 0 Å². The monoisotopic (exact) mass is 1980 g/mol. The minimum absolute atomic E-state index is 0.0359. The second kappa shape index (κ2) is 44.6. The van der Waals surface area contributed by atoms with Crippen LogP contribution in [0.3, 0.4) is 0 Å². The second-order valence-corrected chi connectivity index (χ2v) is 50.5. The van der Waals surface area contributed by atoms with Crippen LogP contribution in [0.5, 0.6) is 5.75 Å². The van der Waals surface area contributed by atoms with E-state index in [0.717, 1.165) is 114 Å². The summed E-state index contributed by atoms with van der Waals surface area (Å²) in [5.74, 6) is 3.15. The summed E-state index contributed by atoms with van der Waals surface area (Å²) in [6.45, 7) is 61.6. The van der Waals surface area contributed by atoms with E-state index in [9.17, 15) is 29.4 Å². The van der Waals surface area contributed by atoms with Crippen molar-refractivity contribution in [2.75, 3.05) is 119 Å². The van der Waals surface area contributed by atoms with Gasteiger partial charge in [0.15, 0.2) is 5.78 Å². The zero-order valence-electron chi connectivity index (χ0n) is 90.4. The fourth-order valence-corrected chi connectivity index (χ4v) is 30.1. The van der Waals surface area contributed by atoms with Gasteiger partial charge in [0, 0.05) is 116 Å². The Bertz CT molecular complexity index is 5450. The lowest BCUT2D eigenvalue weighted by Gasteiger charge is -2.62. The molecule has 7 aromatic rings. The molecule has 2 N–H and O–H groups in total. The number of ketones is 1. The molecule has 3 amide bonds. The van der Waals surface area contributed by atoms with Crippen LogP contribution in [-0.4, -0.2) is 245 Å². The number of phenols is 1. The van der Waals surface area contributed by atoms with E-state index in [-0.39, 0.29) is 63.5 Å². The summed E-state index contributed by atoms with van der Waals surface area (Å²) in [5, 5.41) is 24.7. The Kier molecular flexibility index (Phi) is 34.2. The number of nitrogens with zero attached hydrogens (tertiary/aromatic N) is 9. The van der Waals surface area contributed by atoms with Gasteiger partial charge in [-0.1, -0.05) is 233 Å². The van der Waals surface area contributed by atoms with Crippen molar-refractivity contribution in [2.24, 2.45) is 34.0 Å². The van der Waals surface area contributed by atoms with Gasteiger partial charge in [0.1, 0.15) is 5.75 Å². The highest BCUT2D eigenvalue weighted by Gasteiger charge is 2.61. The van der Waals surface area contributed by atoms with Gasteiger partial charge >= 0.3 is 6.09 Å². The van der Waals surface area contributed by atoms with Crippen molar-refractivity contribution in [1.82, 2.24) is 44.1 Å². The summed E-state index contributed by atoms with van der Waals surface area (Å²) in [4.78, 5) is 72.4. The number of β-amino-alcohol motifs (C(OH)–C–C–N with tert-alkyl or cyclic N) is 1. The van der Waals surface area contributed by atoms with Crippen LogP contribution in [0.2, 0.25) is 10.0 Å². The predicted molar refractivity (Wildman–Crippen MR) is 585 cm³/mol. The average Bonchev–Trinajstić information content (AvgIpc) is 1.04. The number of allylic oxidation sites excluding steroid dienone is 1. The highest BCUT2D eigenvalue weighted by molar-refractivity contribution is 7.17. The second-order valence-electron chi connectivity index (χ2n) is 48.8. The lowest BCUT2D eigenvalue weighted by Crippen LogP contribution is -2.66. The molecule has 13 unspecified atom stereocenters. The third kappa shape index (κ3) is 23.0. The Morgan fingerprint density at radius 1 is 0.582 bits per heavy atom. The van der Waals surface area contributed by atoms with E-state index < -0.39 is 5.60 Å². The molecule has 1 aromatic heterocycles. The molecule has 9 fully saturated rings. The number of thiophene rings is 1. The van der Waals surface area contributed by atoms with Crippen LogP contribution >= 0.6 is 34.5 Å². The van der Waals surface area contributed by atoms with E-state index in [4.69, 9.17) is 27.9 Å². The maximum atomic E-state index is 13.2. The van der Waals surface area contributed by atoms with Crippen LogP contribution in [-0.2, 0) is 68.1 Å². The Morgan fingerprint density at radius 3 is 1.78 bits per heavy atom. The lowest BCUT2D eigenvalue weighted by atomic mass is 9.49. The molecule has 770 valence electrons. The number of methoxy groups -OCH3 is 1. The van der Waals surface area contributed by atoms with Crippen molar-refractivity contribution in [1.29, 1.82) is 0 Å². The van der Waals surface area contributed by atoms with E-state index in [1.165, 1.54) is 190 Å². The summed E-state index contributed by atoms with van der Waals surface area (Å²) in [5.41, 5.74) is 20.3. The number of ether oxygens (including phenoxy) is 1. The number of fused-ring (bicyclic) bond motifs is 17. The van der Waals surface area contributed by atoms with Gasteiger partial charge in [0.2, 0.25) is 11.8 Å². The third-order valence-corrected chi connectivity index (χ3v) is 39.0. The zero-order chi connectivity index (χ0) is 101. The summed E-state index contributed by atoms with van der Waals surface area (Å²) in [7, 11) is 3.43. The lowest BCUT2D eigenvalue weighted by molar-refractivity contribution is -0.135. The first-order valence-electron chi connectivity index (χ1n) is 54.6. The summed E-state index contributed by atoms with van der Waals surface area (Å²) in [6.07, 6.45) is 27.4. The smallest absolute Gasteiger partial charge is 0.409 e. The first-order chi connectivity index (χ1) is 66.9. The molecule has 6 aliphatic carbocycles. The molecule has 13 atom stereocenters. The first kappa shape index (κ1) is 108. The highest BCUT2D eigenvalue weighted by atomic mass is 35.5. The van der Waals surface area contributed by atoms with Gasteiger partial charge in [-0.05, 0) is 353 Å². The molecular formula is C122H175Cl2N9O7S. The number of rotatable bonds is 18. The number of piperazine rings is 1. The molecule has 13 aliphatic rings.